The maximum Gasteiger partial charge on any atom is 0.500 e. The molecule has 150 valence electrons. The van der Waals surface area contributed by atoms with E-state index >= 15 is 0 Å². The average molecular weight is 387 g/mol. The van der Waals surface area contributed by atoms with Gasteiger partial charge in [0, 0.05) is 57.9 Å². The summed E-state index contributed by atoms with van der Waals surface area (Å²) in [4.78, 5) is 16.0. The van der Waals surface area contributed by atoms with Crippen molar-refractivity contribution >= 4 is 14.8 Å². The standard InChI is InChI=1S/C17H34N4O4Si/c1-5-23-26(24-6-2,25-7-3)15-9-11-20-17(22)19-10-8-13-21-14-12-18-16(21)4/h12,14H,5-11,13,15H2,1-4H3,(H2,19,20,22). The first kappa shape index (κ1) is 22.6. The van der Waals surface area contributed by atoms with Crippen molar-refractivity contribution in [3.63, 3.8) is 0 Å². The van der Waals surface area contributed by atoms with Crippen LogP contribution in [0, 0.1) is 6.92 Å². The fraction of sp³-hybridized carbons (Fsp3) is 0.765. The number of nitrogens with zero attached hydrogens (tertiary/aromatic N) is 2. The van der Waals surface area contributed by atoms with Crippen molar-refractivity contribution in [2.24, 2.45) is 0 Å². The molecule has 0 aliphatic rings. The highest BCUT2D eigenvalue weighted by Gasteiger charge is 2.39. The van der Waals surface area contributed by atoms with Crippen molar-refractivity contribution in [2.45, 2.75) is 53.1 Å². The lowest BCUT2D eigenvalue weighted by atomic mass is 10.4. The molecule has 0 aromatic carbocycles. The second-order valence-electron chi connectivity index (χ2n) is 5.79. The Balaban J connectivity index is 2.20. The van der Waals surface area contributed by atoms with E-state index in [2.05, 4.69) is 20.2 Å². The Hall–Kier alpha value is -1.42. The maximum absolute atomic E-state index is 11.8. The van der Waals surface area contributed by atoms with E-state index in [9.17, 15) is 4.79 Å². The number of nitrogens with one attached hydrogen (secondary N) is 2. The Kier molecular flexibility index (Phi) is 11.2. The number of carbonyl (C=O) groups excluding carboxylic acids is 1. The van der Waals surface area contributed by atoms with Gasteiger partial charge in [0.1, 0.15) is 5.82 Å². The molecule has 0 unspecified atom stereocenters. The van der Waals surface area contributed by atoms with Crippen LogP contribution in [0.2, 0.25) is 6.04 Å². The Bertz CT molecular complexity index is 496. The van der Waals surface area contributed by atoms with E-state index < -0.39 is 8.80 Å². The van der Waals surface area contributed by atoms with Crippen molar-refractivity contribution in [2.75, 3.05) is 32.9 Å². The third-order valence-corrected chi connectivity index (χ3v) is 6.97. The predicted molar refractivity (Wildman–Crippen MR) is 103 cm³/mol. The molecule has 0 atom stereocenters. The molecule has 0 fully saturated rings. The number of rotatable bonds is 14. The van der Waals surface area contributed by atoms with Gasteiger partial charge in [0.05, 0.1) is 0 Å². The topological polar surface area (TPSA) is 86.6 Å². The Morgan fingerprint density at radius 1 is 1.08 bits per heavy atom. The van der Waals surface area contributed by atoms with Crippen LogP contribution in [-0.2, 0) is 19.8 Å². The summed E-state index contributed by atoms with van der Waals surface area (Å²) < 4.78 is 19.5. The third-order valence-electron chi connectivity index (χ3n) is 3.82. The molecule has 0 radical (unpaired) electrons. The van der Waals surface area contributed by atoms with Crippen molar-refractivity contribution in [1.82, 2.24) is 20.2 Å². The number of hydrogen-bond donors (Lipinski definition) is 2. The summed E-state index contributed by atoms with van der Waals surface area (Å²) in [5.41, 5.74) is 0. The van der Waals surface area contributed by atoms with Gasteiger partial charge in [-0.15, -0.1) is 0 Å². The second-order valence-corrected chi connectivity index (χ2v) is 8.52. The van der Waals surface area contributed by atoms with Gasteiger partial charge in [-0.05, 0) is 40.5 Å². The van der Waals surface area contributed by atoms with Crippen LogP contribution < -0.4 is 10.6 Å². The van der Waals surface area contributed by atoms with E-state index in [1.165, 1.54) is 0 Å². The molecule has 1 heterocycles. The van der Waals surface area contributed by atoms with Crippen LogP contribution in [0.4, 0.5) is 4.79 Å². The number of carbonyl (C=O) groups is 1. The van der Waals surface area contributed by atoms with E-state index in [1.54, 1.807) is 6.20 Å². The van der Waals surface area contributed by atoms with Crippen molar-refractivity contribution in [3.05, 3.63) is 18.2 Å². The minimum absolute atomic E-state index is 0.149. The number of imidazole rings is 1. The van der Waals surface area contributed by atoms with Crippen molar-refractivity contribution in [1.29, 1.82) is 0 Å². The summed E-state index contributed by atoms with van der Waals surface area (Å²) in [5, 5.41) is 5.74. The summed E-state index contributed by atoms with van der Waals surface area (Å²) in [6.07, 6.45) is 5.35. The first-order valence-corrected chi connectivity index (χ1v) is 11.4. The summed E-state index contributed by atoms with van der Waals surface area (Å²) in [6, 6.07) is 0.548. The van der Waals surface area contributed by atoms with Gasteiger partial charge < -0.3 is 28.5 Å². The lowest BCUT2D eigenvalue weighted by Crippen LogP contribution is -2.46. The molecule has 9 heteroatoms. The summed E-state index contributed by atoms with van der Waals surface area (Å²) in [5.74, 6) is 0.986. The first-order chi connectivity index (χ1) is 12.6. The summed E-state index contributed by atoms with van der Waals surface area (Å²) in [6.45, 7) is 11.5. The molecule has 0 bridgehead atoms. The van der Waals surface area contributed by atoms with E-state index in [0.717, 1.165) is 25.2 Å². The minimum Gasteiger partial charge on any atom is -0.374 e. The molecule has 1 aromatic heterocycles. The van der Waals surface area contributed by atoms with Crippen molar-refractivity contribution < 1.29 is 18.1 Å². The number of urea groups is 1. The van der Waals surface area contributed by atoms with Gasteiger partial charge in [-0.25, -0.2) is 9.78 Å². The molecule has 0 aliphatic heterocycles. The second kappa shape index (κ2) is 12.9. The Morgan fingerprint density at radius 3 is 2.15 bits per heavy atom. The van der Waals surface area contributed by atoms with Crippen LogP contribution in [-0.4, -0.2) is 57.3 Å². The zero-order chi connectivity index (χ0) is 19.3. The molecule has 0 saturated carbocycles. The number of aromatic nitrogens is 2. The lowest BCUT2D eigenvalue weighted by Gasteiger charge is -2.28. The minimum atomic E-state index is -2.62. The number of aryl methyl sites for hydroxylation is 2. The highest BCUT2D eigenvalue weighted by Crippen LogP contribution is 2.17. The predicted octanol–water partition coefficient (Wildman–Crippen LogP) is 2.32. The molecule has 0 spiro atoms. The van der Waals surface area contributed by atoms with Gasteiger partial charge in [0.15, 0.2) is 0 Å². The number of amides is 2. The van der Waals surface area contributed by atoms with Crippen LogP contribution in [0.1, 0.15) is 39.4 Å². The first-order valence-electron chi connectivity index (χ1n) is 9.48. The fourth-order valence-electron chi connectivity index (χ4n) is 2.66. The molecule has 0 saturated heterocycles. The molecule has 1 aromatic rings. The molecule has 2 N–H and O–H groups in total. The molecular formula is C17H34N4O4Si. The molecule has 26 heavy (non-hydrogen) atoms. The average Bonchev–Trinajstić information content (AvgIpc) is 3.01. The van der Waals surface area contributed by atoms with Crippen LogP contribution in [0.3, 0.4) is 0 Å². The van der Waals surface area contributed by atoms with Crippen LogP contribution >= 0.6 is 0 Å². The third kappa shape index (κ3) is 8.30. The summed E-state index contributed by atoms with van der Waals surface area (Å²) >= 11 is 0. The molecule has 1 rings (SSSR count). The summed E-state index contributed by atoms with van der Waals surface area (Å²) in [7, 11) is -2.62. The normalized spacial score (nSPS) is 11.5. The van der Waals surface area contributed by atoms with E-state index in [0.29, 0.717) is 39.0 Å². The van der Waals surface area contributed by atoms with Gasteiger partial charge in [0.2, 0.25) is 0 Å². The van der Waals surface area contributed by atoms with Crippen molar-refractivity contribution in [3.8, 4) is 0 Å². The van der Waals surface area contributed by atoms with Gasteiger partial charge >= 0.3 is 14.8 Å². The molecule has 8 nitrogen and oxygen atoms in total. The number of hydrogen-bond acceptors (Lipinski definition) is 5. The molecule has 2 amide bonds. The van der Waals surface area contributed by atoms with Crippen LogP contribution in [0.5, 0.6) is 0 Å². The monoisotopic (exact) mass is 386 g/mol. The molecular weight excluding hydrogens is 352 g/mol. The fourth-order valence-corrected chi connectivity index (χ4v) is 5.27. The lowest BCUT2D eigenvalue weighted by molar-refractivity contribution is 0.0708. The Labute approximate surface area is 158 Å². The van der Waals surface area contributed by atoms with E-state index in [1.807, 2.05) is 33.9 Å². The molecule has 0 aliphatic carbocycles. The smallest absolute Gasteiger partial charge is 0.374 e. The zero-order valence-corrected chi connectivity index (χ0v) is 17.5. The largest absolute Gasteiger partial charge is 0.500 e. The van der Waals surface area contributed by atoms with E-state index in [-0.39, 0.29) is 6.03 Å². The SMILES string of the molecule is CCO[Si](CCCNC(=O)NCCCn1ccnc1C)(OCC)OCC. The van der Waals surface area contributed by atoms with Gasteiger partial charge in [0.25, 0.3) is 0 Å². The van der Waals surface area contributed by atoms with Gasteiger partial charge in [-0.1, -0.05) is 0 Å². The quantitative estimate of drug-likeness (QED) is 0.378. The highest BCUT2D eigenvalue weighted by atomic mass is 28.4. The highest BCUT2D eigenvalue weighted by molar-refractivity contribution is 6.60. The van der Waals surface area contributed by atoms with Gasteiger partial charge in [-0.2, -0.15) is 0 Å². The van der Waals surface area contributed by atoms with Crippen LogP contribution in [0.25, 0.3) is 0 Å². The Morgan fingerprint density at radius 2 is 1.65 bits per heavy atom. The van der Waals surface area contributed by atoms with Gasteiger partial charge in [-0.3, -0.25) is 0 Å². The van der Waals surface area contributed by atoms with Crippen LogP contribution in [0.15, 0.2) is 12.4 Å². The zero-order valence-electron chi connectivity index (χ0n) is 16.5. The van der Waals surface area contributed by atoms with E-state index in [4.69, 9.17) is 13.3 Å². The maximum atomic E-state index is 11.8.